The van der Waals surface area contributed by atoms with Crippen molar-refractivity contribution in [2.75, 3.05) is 39.0 Å². The fourth-order valence-corrected chi connectivity index (χ4v) is 6.06. The van der Waals surface area contributed by atoms with Crippen LogP contribution < -0.4 is 9.46 Å². The third kappa shape index (κ3) is 6.69. The average molecular weight is 607 g/mol. The molecule has 0 radical (unpaired) electrons. The molecule has 1 aromatic carbocycles. The Kier molecular flexibility index (Phi) is 8.36. The summed E-state index contributed by atoms with van der Waals surface area (Å²) in [6.07, 6.45) is -1.23. The van der Waals surface area contributed by atoms with E-state index in [1.807, 2.05) is 0 Å². The van der Waals surface area contributed by atoms with Crippen molar-refractivity contribution in [3.05, 3.63) is 54.1 Å². The lowest BCUT2D eigenvalue weighted by Crippen LogP contribution is -2.56. The summed E-state index contributed by atoms with van der Waals surface area (Å²) in [7, 11) is -7.59. The normalized spacial score (nSPS) is 16.7. The summed E-state index contributed by atoms with van der Waals surface area (Å²) in [5, 5.41) is 13.1. The van der Waals surface area contributed by atoms with Crippen LogP contribution in [0, 0.1) is 0 Å². The van der Waals surface area contributed by atoms with Crippen LogP contribution in [0.15, 0.2) is 47.8 Å². The second-order valence-electron chi connectivity index (χ2n) is 8.90. The number of nitrogens with zero attached hydrogens (tertiary/aromatic N) is 5. The first-order chi connectivity index (χ1) is 18.7. The van der Waals surface area contributed by atoms with Gasteiger partial charge >= 0.3 is 12.1 Å². The highest BCUT2D eigenvalue weighted by molar-refractivity contribution is 7.89. The number of carboxylic acids is 1. The smallest absolute Gasteiger partial charge is 0.435 e. The second kappa shape index (κ2) is 11.3. The summed E-state index contributed by atoms with van der Waals surface area (Å²) < 4.78 is 99.3. The van der Waals surface area contributed by atoms with Gasteiger partial charge in [-0.1, -0.05) is 0 Å². The Morgan fingerprint density at radius 1 is 1.10 bits per heavy atom. The number of carboxylic acid groups (broad SMARTS) is 1. The van der Waals surface area contributed by atoms with E-state index in [0.29, 0.717) is 0 Å². The first-order valence-electron chi connectivity index (χ1n) is 11.7. The minimum absolute atomic E-state index is 0.0768. The molecule has 18 heteroatoms. The number of carbonyl (C=O) groups is 1. The number of aromatic nitrogens is 3. The molecule has 0 bridgehead atoms. The molecule has 2 N–H and O–H groups in total. The molecule has 0 saturated carbocycles. The van der Waals surface area contributed by atoms with E-state index in [1.54, 1.807) is 0 Å². The van der Waals surface area contributed by atoms with E-state index in [2.05, 4.69) is 14.8 Å². The van der Waals surface area contributed by atoms with Crippen molar-refractivity contribution in [3.63, 3.8) is 0 Å². The SMILES string of the molecule is CS(=O)(=O)N1CCN([C@@H](CNS(=O)(=O)c2ccc(OCc3c(C(F)(F)F)nn4cnccc34)cc2)C(=O)O)CC1. The number of nitrogens with one attached hydrogen (secondary N) is 1. The molecule has 40 heavy (non-hydrogen) atoms. The van der Waals surface area contributed by atoms with Crippen LogP contribution in [0.2, 0.25) is 0 Å². The maximum Gasteiger partial charge on any atom is 0.435 e. The van der Waals surface area contributed by atoms with Crippen LogP contribution in [0.1, 0.15) is 11.3 Å². The van der Waals surface area contributed by atoms with Crippen LogP contribution in [0.5, 0.6) is 5.75 Å². The number of alkyl halides is 3. The van der Waals surface area contributed by atoms with Gasteiger partial charge in [0.2, 0.25) is 20.0 Å². The zero-order valence-electron chi connectivity index (χ0n) is 20.9. The highest BCUT2D eigenvalue weighted by atomic mass is 32.2. The molecule has 3 heterocycles. The fraction of sp³-hybridized carbons (Fsp3) is 0.409. The first kappa shape index (κ1) is 29.7. The number of hydrogen-bond donors (Lipinski definition) is 2. The maximum atomic E-state index is 13.5. The lowest BCUT2D eigenvalue weighted by atomic mass is 10.2. The van der Waals surface area contributed by atoms with Crippen LogP contribution in [0.3, 0.4) is 0 Å². The van der Waals surface area contributed by atoms with Crippen molar-refractivity contribution in [2.45, 2.75) is 23.7 Å². The molecule has 1 aliphatic heterocycles. The monoisotopic (exact) mass is 606 g/mol. The largest absolute Gasteiger partial charge is 0.489 e. The highest BCUT2D eigenvalue weighted by Crippen LogP contribution is 2.33. The van der Waals surface area contributed by atoms with Crippen LogP contribution in [0.25, 0.3) is 5.52 Å². The molecule has 0 amide bonds. The molecule has 3 aromatic rings. The number of hydrogen-bond acceptors (Lipinski definition) is 9. The Labute approximate surface area is 227 Å². The maximum absolute atomic E-state index is 13.5. The number of fused-ring (bicyclic) bond motifs is 1. The predicted octanol–water partition coefficient (Wildman–Crippen LogP) is 0.636. The van der Waals surface area contributed by atoms with Gasteiger partial charge in [0.15, 0.2) is 5.69 Å². The van der Waals surface area contributed by atoms with Gasteiger partial charge in [0, 0.05) is 44.5 Å². The Bertz CT molecular complexity index is 1590. The molecule has 1 atom stereocenters. The van der Waals surface area contributed by atoms with Gasteiger partial charge in [-0.25, -0.2) is 31.1 Å². The Morgan fingerprint density at radius 3 is 2.33 bits per heavy atom. The molecule has 1 aliphatic rings. The van der Waals surface area contributed by atoms with Crippen LogP contribution in [-0.4, -0.2) is 96.7 Å². The number of aliphatic carboxylic acids is 1. The standard InChI is InChI=1S/C22H25F3N6O7S2/c1-39(34,35)30-10-8-29(9-11-30)19(21(32)33)12-27-40(36,37)16-4-2-15(3-5-16)38-13-17-18-6-7-26-14-31(18)28-20(17)22(23,24)25/h2-7,14,19,27H,8-13H2,1H3,(H,32,33)/t19-/m0/s1. The summed E-state index contributed by atoms with van der Waals surface area (Å²) in [6, 6.07) is 4.98. The molecular formula is C22H25F3N6O7S2. The quantitative estimate of drug-likeness (QED) is 0.335. The van der Waals surface area contributed by atoms with Gasteiger partial charge in [-0.3, -0.25) is 9.69 Å². The van der Waals surface area contributed by atoms with E-state index in [0.717, 1.165) is 17.1 Å². The van der Waals surface area contributed by atoms with Crippen LogP contribution in [0.4, 0.5) is 13.2 Å². The van der Waals surface area contributed by atoms with Gasteiger partial charge in [-0.15, -0.1) is 0 Å². The minimum Gasteiger partial charge on any atom is -0.489 e. The van der Waals surface area contributed by atoms with E-state index >= 15 is 0 Å². The first-order valence-corrected chi connectivity index (χ1v) is 15.0. The van der Waals surface area contributed by atoms with Gasteiger partial charge in [0.1, 0.15) is 24.7 Å². The Hall–Kier alpha value is -3.32. The summed E-state index contributed by atoms with van der Waals surface area (Å²) in [6.45, 7) is -0.604. The number of sulfonamides is 2. The highest BCUT2D eigenvalue weighted by Gasteiger charge is 2.38. The molecule has 0 unspecified atom stereocenters. The summed E-state index contributed by atoms with van der Waals surface area (Å²) >= 11 is 0. The summed E-state index contributed by atoms with van der Waals surface area (Å²) in [5.41, 5.74) is -1.20. The average Bonchev–Trinajstić information content (AvgIpc) is 3.27. The number of piperazine rings is 1. The van der Waals surface area contributed by atoms with E-state index in [1.165, 1.54) is 45.7 Å². The lowest BCUT2D eigenvalue weighted by Gasteiger charge is -2.36. The third-order valence-electron chi connectivity index (χ3n) is 6.26. The zero-order chi connectivity index (χ0) is 29.3. The molecule has 13 nitrogen and oxygen atoms in total. The fourth-order valence-electron chi connectivity index (χ4n) is 4.19. The van der Waals surface area contributed by atoms with Crippen molar-refractivity contribution in [1.82, 2.24) is 28.5 Å². The van der Waals surface area contributed by atoms with Gasteiger partial charge in [0.05, 0.1) is 16.7 Å². The van der Waals surface area contributed by atoms with Crippen molar-refractivity contribution in [1.29, 1.82) is 0 Å². The van der Waals surface area contributed by atoms with Crippen molar-refractivity contribution >= 4 is 31.5 Å². The van der Waals surface area contributed by atoms with Crippen LogP contribution in [-0.2, 0) is 37.6 Å². The minimum atomic E-state index is -4.73. The lowest BCUT2D eigenvalue weighted by molar-refractivity contribution is -0.143. The van der Waals surface area contributed by atoms with E-state index < -0.39 is 57.1 Å². The number of halogens is 3. The zero-order valence-corrected chi connectivity index (χ0v) is 22.6. The predicted molar refractivity (Wildman–Crippen MR) is 133 cm³/mol. The van der Waals surface area contributed by atoms with Crippen molar-refractivity contribution in [2.24, 2.45) is 0 Å². The molecule has 0 spiro atoms. The number of rotatable bonds is 10. The molecule has 4 rings (SSSR count). The van der Waals surface area contributed by atoms with Crippen molar-refractivity contribution in [3.8, 4) is 5.75 Å². The van der Waals surface area contributed by atoms with E-state index in [4.69, 9.17) is 4.74 Å². The molecular weight excluding hydrogens is 581 g/mol. The molecule has 1 fully saturated rings. The van der Waals surface area contributed by atoms with E-state index in [9.17, 15) is 39.9 Å². The number of ether oxygens (including phenoxy) is 1. The summed E-state index contributed by atoms with van der Waals surface area (Å²) in [5.74, 6) is -1.19. The Morgan fingerprint density at radius 2 is 1.75 bits per heavy atom. The van der Waals surface area contributed by atoms with E-state index in [-0.39, 0.29) is 47.9 Å². The van der Waals surface area contributed by atoms with Gasteiger partial charge < -0.3 is 9.84 Å². The molecule has 0 aliphatic carbocycles. The van der Waals surface area contributed by atoms with Gasteiger partial charge in [-0.2, -0.15) is 22.6 Å². The number of benzene rings is 1. The topological polar surface area (TPSA) is 164 Å². The van der Waals surface area contributed by atoms with Gasteiger partial charge in [0.25, 0.3) is 0 Å². The molecule has 218 valence electrons. The van der Waals surface area contributed by atoms with Gasteiger partial charge in [-0.05, 0) is 30.3 Å². The second-order valence-corrected chi connectivity index (χ2v) is 12.6. The molecule has 1 saturated heterocycles. The Balaban J connectivity index is 1.40. The third-order valence-corrected chi connectivity index (χ3v) is 9.01. The van der Waals surface area contributed by atoms with Crippen LogP contribution >= 0.6 is 0 Å². The summed E-state index contributed by atoms with van der Waals surface area (Å²) in [4.78, 5) is 16.8. The van der Waals surface area contributed by atoms with Crippen molar-refractivity contribution < 1.29 is 44.6 Å². The molecule has 2 aromatic heterocycles.